The van der Waals surface area contributed by atoms with Crippen molar-refractivity contribution in [3.05, 3.63) is 29.8 Å². The van der Waals surface area contributed by atoms with Crippen molar-refractivity contribution in [3.8, 4) is 5.75 Å². The summed E-state index contributed by atoms with van der Waals surface area (Å²) in [5, 5.41) is 5.67. The number of nitrogens with one attached hydrogen (secondary N) is 1. The van der Waals surface area contributed by atoms with E-state index < -0.39 is 24.3 Å². The van der Waals surface area contributed by atoms with Crippen molar-refractivity contribution < 1.29 is 37.1 Å². The minimum absolute atomic E-state index is 0.179. The van der Waals surface area contributed by atoms with Gasteiger partial charge in [-0.1, -0.05) is 17.3 Å². The lowest BCUT2D eigenvalue weighted by Gasteiger charge is -2.15. The fraction of sp³-hybridized carbons (Fsp3) is 0.400. The Morgan fingerprint density at radius 2 is 1.88 bits per heavy atom. The zero-order valence-corrected chi connectivity index (χ0v) is 13.5. The third kappa shape index (κ3) is 8.04. The molecule has 0 radical (unpaired) electrons. The third-order valence-electron chi connectivity index (χ3n) is 2.96. The van der Waals surface area contributed by atoms with Crippen molar-refractivity contribution in [2.75, 3.05) is 14.2 Å². The number of ether oxygens (including phenoxy) is 2. The topological polar surface area (TPSA) is 86.2 Å². The molecule has 0 saturated heterocycles. The number of benzene rings is 1. The Morgan fingerprint density at radius 3 is 2.40 bits per heavy atom. The van der Waals surface area contributed by atoms with E-state index in [-0.39, 0.29) is 12.2 Å². The number of alkyl halides is 3. The van der Waals surface area contributed by atoms with Gasteiger partial charge in [-0.3, -0.25) is 4.79 Å². The monoisotopic (exact) mass is 362 g/mol. The van der Waals surface area contributed by atoms with Crippen LogP contribution in [0.5, 0.6) is 5.75 Å². The van der Waals surface area contributed by atoms with Crippen LogP contribution in [-0.4, -0.2) is 44.7 Å². The second-order valence-electron chi connectivity index (χ2n) is 4.73. The lowest BCUT2D eigenvalue weighted by atomic mass is 10.0. The molecule has 0 saturated carbocycles. The molecule has 0 aromatic heterocycles. The highest BCUT2D eigenvalue weighted by Crippen LogP contribution is 2.23. The van der Waals surface area contributed by atoms with E-state index in [4.69, 9.17) is 0 Å². The Morgan fingerprint density at radius 1 is 1.24 bits per heavy atom. The van der Waals surface area contributed by atoms with Crippen LogP contribution in [0.25, 0.3) is 0 Å². The van der Waals surface area contributed by atoms with Gasteiger partial charge in [-0.05, 0) is 30.5 Å². The van der Waals surface area contributed by atoms with E-state index in [0.29, 0.717) is 12.0 Å². The van der Waals surface area contributed by atoms with Gasteiger partial charge in [0.1, 0.15) is 25.1 Å². The van der Waals surface area contributed by atoms with Gasteiger partial charge in [0, 0.05) is 0 Å². The van der Waals surface area contributed by atoms with Crippen molar-refractivity contribution >= 4 is 18.1 Å². The van der Waals surface area contributed by atoms with E-state index in [1.807, 2.05) is 0 Å². The van der Waals surface area contributed by atoms with Gasteiger partial charge < -0.3 is 19.6 Å². The van der Waals surface area contributed by atoms with Gasteiger partial charge in [0.15, 0.2) is 0 Å². The van der Waals surface area contributed by atoms with Crippen LogP contribution in [-0.2, 0) is 25.6 Å². The number of hydrogen-bond donors (Lipinski definition) is 1. The first-order valence-electron chi connectivity index (χ1n) is 7.04. The standard InChI is InChI=1S/C15H17F3N2O5/c1-23-14(22)12(20-13(21)9-19-24-2)8-5-10-3-6-11(7-4-10)25-15(16,17)18/h3-4,6-7,9,12H,5,8H2,1-2H3,(H,20,21)/b19-9+/t12-/m0/s1. The number of carbonyl (C=O) groups excluding carboxylic acids is 2. The van der Waals surface area contributed by atoms with Gasteiger partial charge in [0.05, 0.1) is 7.11 Å². The number of rotatable bonds is 8. The number of methoxy groups -OCH3 is 1. The molecule has 10 heteroatoms. The minimum atomic E-state index is -4.76. The molecular weight excluding hydrogens is 345 g/mol. The van der Waals surface area contributed by atoms with E-state index in [9.17, 15) is 22.8 Å². The van der Waals surface area contributed by atoms with Crippen molar-refractivity contribution in [1.29, 1.82) is 0 Å². The van der Waals surface area contributed by atoms with E-state index in [1.165, 1.54) is 38.5 Å². The highest BCUT2D eigenvalue weighted by molar-refractivity contribution is 6.26. The molecule has 1 rings (SSSR count). The number of oxime groups is 1. The Hall–Kier alpha value is -2.78. The second-order valence-corrected chi connectivity index (χ2v) is 4.73. The normalized spacial score (nSPS) is 12.5. The zero-order valence-electron chi connectivity index (χ0n) is 13.5. The minimum Gasteiger partial charge on any atom is -0.467 e. The second kappa shape index (κ2) is 9.50. The molecule has 0 fully saturated rings. The molecule has 1 aromatic rings. The summed E-state index contributed by atoms with van der Waals surface area (Å²) in [4.78, 5) is 27.6. The van der Waals surface area contributed by atoms with Crippen LogP contribution in [0.15, 0.2) is 29.4 Å². The summed E-state index contributed by atoms with van der Waals surface area (Å²) in [6, 6.07) is 4.26. The fourth-order valence-corrected chi connectivity index (χ4v) is 1.87. The van der Waals surface area contributed by atoms with Gasteiger partial charge in [0.25, 0.3) is 5.91 Å². The van der Waals surface area contributed by atoms with E-state index >= 15 is 0 Å². The molecular formula is C15H17F3N2O5. The number of hydrogen-bond acceptors (Lipinski definition) is 6. The smallest absolute Gasteiger partial charge is 0.467 e. The highest BCUT2D eigenvalue weighted by Gasteiger charge is 2.31. The predicted molar refractivity (Wildman–Crippen MR) is 80.9 cm³/mol. The molecule has 0 aliphatic carbocycles. The van der Waals surface area contributed by atoms with Crippen LogP contribution >= 0.6 is 0 Å². The third-order valence-corrected chi connectivity index (χ3v) is 2.96. The van der Waals surface area contributed by atoms with E-state index in [1.54, 1.807) is 0 Å². The molecule has 0 heterocycles. The molecule has 25 heavy (non-hydrogen) atoms. The first-order chi connectivity index (χ1) is 11.7. The van der Waals surface area contributed by atoms with Gasteiger partial charge in [-0.2, -0.15) is 0 Å². The molecule has 0 aliphatic rings. The summed E-state index contributed by atoms with van der Waals surface area (Å²) in [5.41, 5.74) is 0.656. The van der Waals surface area contributed by atoms with Crippen LogP contribution in [0.1, 0.15) is 12.0 Å². The average molecular weight is 362 g/mol. The van der Waals surface area contributed by atoms with Gasteiger partial charge in [-0.15, -0.1) is 13.2 Å². The number of esters is 1. The predicted octanol–water partition coefficient (Wildman–Crippen LogP) is 1.81. The maximum Gasteiger partial charge on any atom is 0.573 e. The van der Waals surface area contributed by atoms with Gasteiger partial charge in [-0.25, -0.2) is 4.79 Å². The molecule has 7 nitrogen and oxygen atoms in total. The Labute approximate surface area is 141 Å². The van der Waals surface area contributed by atoms with Gasteiger partial charge >= 0.3 is 12.3 Å². The van der Waals surface area contributed by atoms with Gasteiger partial charge in [0.2, 0.25) is 0 Å². The van der Waals surface area contributed by atoms with E-state index in [0.717, 1.165) is 6.21 Å². The van der Waals surface area contributed by atoms with Crippen LogP contribution < -0.4 is 10.1 Å². The summed E-state index contributed by atoms with van der Waals surface area (Å²) >= 11 is 0. The number of carbonyl (C=O) groups is 2. The Kier molecular flexibility index (Phi) is 7.70. The maximum absolute atomic E-state index is 12.1. The lowest BCUT2D eigenvalue weighted by molar-refractivity contribution is -0.274. The quantitative estimate of drug-likeness (QED) is 0.433. The molecule has 0 unspecified atom stereocenters. The zero-order chi connectivity index (χ0) is 18.9. The number of amides is 1. The number of halogens is 3. The average Bonchev–Trinajstić information content (AvgIpc) is 2.55. The fourth-order valence-electron chi connectivity index (χ4n) is 1.87. The maximum atomic E-state index is 12.1. The molecule has 1 aromatic carbocycles. The largest absolute Gasteiger partial charge is 0.573 e. The Balaban J connectivity index is 2.65. The van der Waals surface area contributed by atoms with Crippen molar-refractivity contribution in [1.82, 2.24) is 5.32 Å². The van der Waals surface area contributed by atoms with Crippen LogP contribution in [0.2, 0.25) is 0 Å². The summed E-state index contributed by atoms with van der Waals surface area (Å²) in [6.07, 6.45) is -3.41. The molecule has 0 spiro atoms. The number of nitrogens with zero attached hydrogens (tertiary/aromatic N) is 1. The lowest BCUT2D eigenvalue weighted by Crippen LogP contribution is -2.42. The molecule has 1 atom stereocenters. The molecule has 0 bridgehead atoms. The molecule has 1 amide bonds. The van der Waals surface area contributed by atoms with Crippen LogP contribution in [0, 0.1) is 0 Å². The van der Waals surface area contributed by atoms with Crippen LogP contribution in [0.3, 0.4) is 0 Å². The van der Waals surface area contributed by atoms with Crippen molar-refractivity contribution in [2.24, 2.45) is 5.16 Å². The molecule has 0 aliphatic heterocycles. The van der Waals surface area contributed by atoms with Crippen LogP contribution in [0.4, 0.5) is 13.2 Å². The van der Waals surface area contributed by atoms with E-state index in [2.05, 4.69) is 24.8 Å². The summed E-state index contributed by atoms with van der Waals surface area (Å²) in [5.74, 6) is -1.65. The first-order valence-corrected chi connectivity index (χ1v) is 7.04. The molecule has 138 valence electrons. The number of aryl methyl sites for hydroxylation is 1. The summed E-state index contributed by atoms with van der Waals surface area (Å²) in [7, 11) is 2.43. The van der Waals surface area contributed by atoms with Crippen molar-refractivity contribution in [2.45, 2.75) is 25.2 Å². The SMILES string of the molecule is CO/N=C/C(=O)N[C@@H](CCc1ccc(OC(F)(F)F)cc1)C(=O)OC. The Bertz CT molecular complexity index is 602. The van der Waals surface area contributed by atoms with Crippen molar-refractivity contribution in [3.63, 3.8) is 0 Å². The molecule has 1 N–H and O–H groups in total. The highest BCUT2D eigenvalue weighted by atomic mass is 19.4. The summed E-state index contributed by atoms with van der Waals surface area (Å²) < 4.78 is 44.7. The first kappa shape index (κ1) is 20.3. The summed E-state index contributed by atoms with van der Waals surface area (Å²) in [6.45, 7) is 0.